The lowest BCUT2D eigenvalue weighted by atomic mass is 10.1. The highest BCUT2D eigenvalue weighted by Gasteiger charge is 2.28. The van der Waals surface area contributed by atoms with Crippen LogP contribution in [0.3, 0.4) is 0 Å². The van der Waals surface area contributed by atoms with Crippen LogP contribution < -0.4 is 10.6 Å². The summed E-state index contributed by atoms with van der Waals surface area (Å²) in [6.07, 6.45) is 2.87. The standard InChI is InChI=1S/C13H11ClN4O/c1-7-2-4-15-9(6-7)11-17-12-10(13(19)18-11)8(14)3-5-16-12/h2-6,11H,1H3,(H,16,17)(H,18,19). The molecule has 0 spiro atoms. The number of pyridine rings is 2. The second-order valence-electron chi connectivity index (χ2n) is 4.33. The molecule has 0 saturated carbocycles. The van der Waals surface area contributed by atoms with Gasteiger partial charge < -0.3 is 10.6 Å². The van der Waals surface area contributed by atoms with Crippen molar-refractivity contribution in [3.8, 4) is 0 Å². The van der Waals surface area contributed by atoms with E-state index in [1.54, 1.807) is 18.5 Å². The van der Waals surface area contributed by atoms with Gasteiger partial charge in [0.05, 0.1) is 10.7 Å². The predicted molar refractivity (Wildman–Crippen MR) is 72.1 cm³/mol. The normalized spacial score (nSPS) is 17.4. The van der Waals surface area contributed by atoms with Gasteiger partial charge in [-0.15, -0.1) is 0 Å². The quantitative estimate of drug-likeness (QED) is 0.837. The molecule has 2 N–H and O–H groups in total. The van der Waals surface area contributed by atoms with Crippen molar-refractivity contribution >= 4 is 23.3 Å². The molecule has 0 aliphatic carbocycles. The first-order valence-electron chi connectivity index (χ1n) is 5.79. The number of halogens is 1. The first kappa shape index (κ1) is 11.9. The monoisotopic (exact) mass is 274 g/mol. The Hall–Kier alpha value is -2.14. The van der Waals surface area contributed by atoms with Crippen LogP contribution in [0.2, 0.25) is 5.02 Å². The highest BCUT2D eigenvalue weighted by molar-refractivity contribution is 6.34. The second-order valence-corrected chi connectivity index (χ2v) is 4.73. The summed E-state index contributed by atoms with van der Waals surface area (Å²) in [7, 11) is 0. The molecule has 3 heterocycles. The van der Waals surface area contributed by atoms with Crippen LogP contribution in [0.25, 0.3) is 0 Å². The zero-order valence-corrected chi connectivity index (χ0v) is 10.9. The zero-order valence-electron chi connectivity index (χ0n) is 10.1. The van der Waals surface area contributed by atoms with Gasteiger partial charge in [0, 0.05) is 12.4 Å². The molecule has 2 aromatic rings. The Bertz CT molecular complexity index is 659. The van der Waals surface area contributed by atoms with E-state index >= 15 is 0 Å². The largest absolute Gasteiger partial charge is 0.344 e. The molecule has 3 rings (SSSR count). The van der Waals surface area contributed by atoms with Crippen LogP contribution in [0.4, 0.5) is 5.82 Å². The zero-order chi connectivity index (χ0) is 13.4. The molecule has 1 amide bonds. The Labute approximate surface area is 115 Å². The third-order valence-electron chi connectivity index (χ3n) is 2.92. The van der Waals surface area contributed by atoms with Crippen molar-refractivity contribution in [2.75, 3.05) is 5.32 Å². The predicted octanol–water partition coefficient (Wildman–Crippen LogP) is 2.29. The maximum Gasteiger partial charge on any atom is 0.258 e. The van der Waals surface area contributed by atoms with E-state index in [2.05, 4.69) is 20.6 Å². The fourth-order valence-corrected chi connectivity index (χ4v) is 2.24. The summed E-state index contributed by atoms with van der Waals surface area (Å²) in [5.41, 5.74) is 2.18. The number of aromatic nitrogens is 2. The van der Waals surface area contributed by atoms with Gasteiger partial charge in [-0.05, 0) is 30.7 Å². The summed E-state index contributed by atoms with van der Waals surface area (Å²) in [4.78, 5) is 20.5. The van der Waals surface area contributed by atoms with Gasteiger partial charge in [-0.25, -0.2) is 4.98 Å². The number of anilines is 1. The summed E-state index contributed by atoms with van der Waals surface area (Å²) in [6.45, 7) is 1.97. The molecule has 0 saturated heterocycles. The Morgan fingerprint density at radius 3 is 2.79 bits per heavy atom. The molecule has 1 aliphatic heterocycles. The van der Waals surface area contributed by atoms with Crippen LogP contribution in [0.15, 0.2) is 30.6 Å². The number of hydrogen-bond acceptors (Lipinski definition) is 4. The third-order valence-corrected chi connectivity index (χ3v) is 3.23. The smallest absolute Gasteiger partial charge is 0.258 e. The molecular formula is C13H11ClN4O. The van der Waals surface area contributed by atoms with Crippen LogP contribution >= 0.6 is 11.6 Å². The van der Waals surface area contributed by atoms with E-state index in [1.807, 2.05) is 19.1 Å². The van der Waals surface area contributed by atoms with E-state index < -0.39 is 6.17 Å². The minimum atomic E-state index is -0.397. The average Bonchev–Trinajstić information content (AvgIpc) is 2.38. The molecule has 1 atom stereocenters. The highest BCUT2D eigenvalue weighted by Crippen LogP contribution is 2.28. The van der Waals surface area contributed by atoms with Gasteiger partial charge in [0.1, 0.15) is 17.5 Å². The van der Waals surface area contributed by atoms with Gasteiger partial charge in [-0.2, -0.15) is 0 Å². The van der Waals surface area contributed by atoms with Crippen molar-refractivity contribution in [1.82, 2.24) is 15.3 Å². The average molecular weight is 275 g/mol. The van der Waals surface area contributed by atoms with Crippen molar-refractivity contribution in [2.45, 2.75) is 13.1 Å². The Kier molecular flexibility index (Phi) is 2.83. The number of carbonyl (C=O) groups excluding carboxylic acids is 1. The molecule has 5 nitrogen and oxygen atoms in total. The maximum atomic E-state index is 12.1. The molecule has 0 aromatic carbocycles. The minimum Gasteiger partial charge on any atom is -0.344 e. The summed E-state index contributed by atoms with van der Waals surface area (Å²) >= 11 is 6.00. The number of nitrogens with one attached hydrogen (secondary N) is 2. The lowest BCUT2D eigenvalue weighted by Gasteiger charge is -2.27. The van der Waals surface area contributed by atoms with Gasteiger partial charge in [0.2, 0.25) is 0 Å². The number of rotatable bonds is 1. The molecule has 1 aliphatic rings. The van der Waals surface area contributed by atoms with E-state index in [9.17, 15) is 4.79 Å². The van der Waals surface area contributed by atoms with Gasteiger partial charge >= 0.3 is 0 Å². The number of aryl methyl sites for hydroxylation is 1. The van der Waals surface area contributed by atoms with E-state index in [-0.39, 0.29) is 5.91 Å². The Morgan fingerprint density at radius 1 is 1.21 bits per heavy atom. The van der Waals surface area contributed by atoms with Gasteiger partial charge in [0.15, 0.2) is 0 Å². The molecule has 96 valence electrons. The summed E-state index contributed by atoms with van der Waals surface area (Å²) < 4.78 is 0. The van der Waals surface area contributed by atoms with E-state index in [0.717, 1.165) is 11.3 Å². The Morgan fingerprint density at radius 2 is 2.00 bits per heavy atom. The van der Waals surface area contributed by atoms with E-state index in [4.69, 9.17) is 11.6 Å². The fraction of sp³-hybridized carbons (Fsp3) is 0.154. The highest BCUT2D eigenvalue weighted by atomic mass is 35.5. The van der Waals surface area contributed by atoms with Gasteiger partial charge in [0.25, 0.3) is 5.91 Å². The second kappa shape index (κ2) is 4.51. The molecule has 0 bridgehead atoms. The molecule has 2 aromatic heterocycles. The van der Waals surface area contributed by atoms with Crippen molar-refractivity contribution in [3.63, 3.8) is 0 Å². The molecule has 19 heavy (non-hydrogen) atoms. The molecular weight excluding hydrogens is 264 g/mol. The van der Waals surface area contributed by atoms with Crippen LogP contribution in [-0.4, -0.2) is 15.9 Å². The van der Waals surface area contributed by atoms with Crippen molar-refractivity contribution in [1.29, 1.82) is 0 Å². The molecule has 0 fully saturated rings. The Balaban J connectivity index is 2.00. The van der Waals surface area contributed by atoms with Crippen molar-refractivity contribution in [3.05, 3.63) is 52.4 Å². The van der Waals surface area contributed by atoms with Gasteiger partial charge in [-0.1, -0.05) is 11.6 Å². The van der Waals surface area contributed by atoms with Crippen molar-refractivity contribution in [2.24, 2.45) is 0 Å². The lowest BCUT2D eigenvalue weighted by molar-refractivity contribution is 0.0934. The number of amides is 1. The SMILES string of the molecule is Cc1ccnc(C2NC(=O)c3c(Cl)ccnc3N2)c1. The van der Waals surface area contributed by atoms with Crippen molar-refractivity contribution < 1.29 is 4.79 Å². The first-order chi connectivity index (χ1) is 9.15. The maximum absolute atomic E-state index is 12.1. The first-order valence-corrected chi connectivity index (χ1v) is 6.17. The van der Waals surface area contributed by atoms with E-state index in [0.29, 0.717) is 16.4 Å². The number of nitrogens with zero attached hydrogens (tertiary/aromatic N) is 2. The summed E-state index contributed by atoms with van der Waals surface area (Å²) in [6, 6.07) is 5.40. The number of carbonyl (C=O) groups is 1. The molecule has 0 radical (unpaired) electrons. The van der Waals surface area contributed by atoms with Crippen LogP contribution in [0.1, 0.15) is 27.8 Å². The summed E-state index contributed by atoms with van der Waals surface area (Å²) in [5.74, 6) is 0.227. The van der Waals surface area contributed by atoms with Crippen LogP contribution in [0.5, 0.6) is 0 Å². The third kappa shape index (κ3) is 2.13. The van der Waals surface area contributed by atoms with E-state index in [1.165, 1.54) is 0 Å². The molecule has 1 unspecified atom stereocenters. The number of fused-ring (bicyclic) bond motifs is 1. The summed E-state index contributed by atoms with van der Waals surface area (Å²) in [5, 5.41) is 6.32. The number of hydrogen-bond donors (Lipinski definition) is 2. The lowest BCUT2D eigenvalue weighted by Crippen LogP contribution is -2.39. The fourth-order valence-electron chi connectivity index (χ4n) is 2.01. The topological polar surface area (TPSA) is 66.9 Å². The van der Waals surface area contributed by atoms with Crippen LogP contribution in [0, 0.1) is 6.92 Å². The van der Waals surface area contributed by atoms with Crippen LogP contribution in [-0.2, 0) is 0 Å². The minimum absolute atomic E-state index is 0.250. The van der Waals surface area contributed by atoms with Gasteiger partial charge in [-0.3, -0.25) is 9.78 Å². The molecule has 6 heteroatoms.